The summed E-state index contributed by atoms with van der Waals surface area (Å²) >= 11 is 0. The van der Waals surface area contributed by atoms with Gasteiger partial charge in [-0.25, -0.2) is 0 Å². The Kier molecular flexibility index (Phi) is 5.21. The number of hydrogen-bond acceptors (Lipinski definition) is 0. The molecule has 4 rings (SSSR count). The van der Waals surface area contributed by atoms with Gasteiger partial charge in [0.05, 0.1) is 0 Å². The van der Waals surface area contributed by atoms with E-state index in [1.165, 1.54) is 23.5 Å². The Balaban J connectivity index is 1.75. The number of rotatable bonds is 4. The van der Waals surface area contributed by atoms with E-state index in [0.717, 1.165) is 11.3 Å². The first-order chi connectivity index (χ1) is 12.3. The van der Waals surface area contributed by atoms with Gasteiger partial charge in [-0.05, 0) is 48.0 Å². The van der Waals surface area contributed by atoms with Crippen molar-refractivity contribution in [3.8, 4) is 0 Å². The molecule has 0 amide bonds. The first-order valence-electron chi connectivity index (χ1n) is 9.32. The summed E-state index contributed by atoms with van der Waals surface area (Å²) in [6.07, 6.45) is 10.1. The molecule has 3 atom stereocenters. The zero-order valence-corrected chi connectivity index (χ0v) is 16.8. The third kappa shape index (κ3) is 3.40. The molecule has 0 saturated carbocycles. The van der Waals surface area contributed by atoms with Gasteiger partial charge in [-0.2, -0.15) is 0 Å². The monoisotopic (exact) mass is 364 g/mol. The highest BCUT2D eigenvalue weighted by atomic mass is 31.1. The average Bonchev–Trinajstić information content (AvgIpc) is 3.23. The second-order valence-electron chi connectivity index (χ2n) is 7.15. The molecule has 128 valence electrons. The second kappa shape index (κ2) is 7.57. The van der Waals surface area contributed by atoms with Crippen LogP contribution in [0.25, 0.3) is 0 Å². The van der Waals surface area contributed by atoms with Crippen molar-refractivity contribution in [1.82, 2.24) is 0 Å². The topological polar surface area (TPSA) is 0 Å². The third-order valence-corrected chi connectivity index (χ3v) is 11.8. The second-order valence-corrected chi connectivity index (χ2v) is 12.6. The van der Waals surface area contributed by atoms with E-state index in [1.54, 1.807) is 5.31 Å². The van der Waals surface area contributed by atoms with Crippen LogP contribution in [0.2, 0.25) is 0 Å². The molecule has 0 spiro atoms. The SMILES string of the molecule is C[C@H]1CC[C@H](C)P1C1=CC=C[C@H]1P(c1ccccc1)c1ccccc1. The molecule has 1 heterocycles. The van der Waals surface area contributed by atoms with Gasteiger partial charge in [-0.3, -0.25) is 0 Å². The van der Waals surface area contributed by atoms with Gasteiger partial charge >= 0.3 is 0 Å². The lowest BCUT2D eigenvalue weighted by atomic mass is 10.2. The molecule has 0 nitrogen and oxygen atoms in total. The maximum absolute atomic E-state index is 2.49. The molecule has 2 heteroatoms. The Morgan fingerprint density at radius 2 is 1.32 bits per heavy atom. The molecule has 1 aliphatic carbocycles. The van der Waals surface area contributed by atoms with Crippen molar-refractivity contribution >= 4 is 26.5 Å². The summed E-state index contributed by atoms with van der Waals surface area (Å²) in [5.74, 6) is 0. The Morgan fingerprint density at radius 1 is 0.800 bits per heavy atom. The van der Waals surface area contributed by atoms with Crippen LogP contribution in [0.15, 0.2) is 84.2 Å². The third-order valence-electron chi connectivity index (χ3n) is 5.46. The molecule has 1 saturated heterocycles. The van der Waals surface area contributed by atoms with Gasteiger partial charge in [0.1, 0.15) is 0 Å². The minimum Gasteiger partial charge on any atom is -0.0729 e. The van der Waals surface area contributed by atoms with Gasteiger partial charge in [0.25, 0.3) is 0 Å². The quantitative estimate of drug-likeness (QED) is 0.584. The van der Waals surface area contributed by atoms with Crippen LogP contribution >= 0.6 is 15.8 Å². The average molecular weight is 364 g/mol. The molecule has 0 unspecified atom stereocenters. The fourth-order valence-electron chi connectivity index (χ4n) is 4.27. The fourth-order valence-corrected chi connectivity index (χ4v) is 11.0. The van der Waals surface area contributed by atoms with Crippen LogP contribution in [0, 0.1) is 0 Å². The maximum Gasteiger partial charge on any atom is 0.0309 e. The van der Waals surface area contributed by atoms with Crippen molar-refractivity contribution in [3.63, 3.8) is 0 Å². The van der Waals surface area contributed by atoms with Crippen molar-refractivity contribution in [3.05, 3.63) is 84.2 Å². The van der Waals surface area contributed by atoms with E-state index in [-0.39, 0.29) is 15.8 Å². The van der Waals surface area contributed by atoms with Crippen molar-refractivity contribution < 1.29 is 0 Å². The Hall–Kier alpha value is -1.22. The highest BCUT2D eigenvalue weighted by Gasteiger charge is 2.38. The van der Waals surface area contributed by atoms with Gasteiger partial charge in [-0.1, -0.05) is 101 Å². The number of benzene rings is 2. The zero-order valence-electron chi connectivity index (χ0n) is 15.0. The molecule has 0 radical (unpaired) electrons. The molecule has 1 aliphatic heterocycles. The lowest BCUT2D eigenvalue weighted by Crippen LogP contribution is -2.21. The van der Waals surface area contributed by atoms with E-state index in [0.29, 0.717) is 5.66 Å². The lowest BCUT2D eigenvalue weighted by Gasteiger charge is -2.33. The Morgan fingerprint density at radius 3 is 1.84 bits per heavy atom. The molecule has 0 aromatic heterocycles. The van der Waals surface area contributed by atoms with Gasteiger partial charge in [0.2, 0.25) is 0 Å². The van der Waals surface area contributed by atoms with E-state index in [2.05, 4.69) is 92.7 Å². The summed E-state index contributed by atoms with van der Waals surface area (Å²) in [5, 5.41) is 4.76. The summed E-state index contributed by atoms with van der Waals surface area (Å²) in [7, 11) is -0.391. The number of allylic oxidation sites excluding steroid dienone is 4. The molecule has 1 fully saturated rings. The summed E-state index contributed by atoms with van der Waals surface area (Å²) < 4.78 is 0. The van der Waals surface area contributed by atoms with Crippen LogP contribution in [-0.4, -0.2) is 17.0 Å². The Labute approximate surface area is 154 Å². The lowest BCUT2D eigenvalue weighted by molar-refractivity contribution is 0.777. The van der Waals surface area contributed by atoms with Crippen LogP contribution in [0.5, 0.6) is 0 Å². The van der Waals surface area contributed by atoms with E-state index < -0.39 is 0 Å². The minimum absolute atomic E-state index is 0.00635. The summed E-state index contributed by atoms with van der Waals surface area (Å²) in [6.45, 7) is 4.97. The molecule has 25 heavy (non-hydrogen) atoms. The van der Waals surface area contributed by atoms with Crippen LogP contribution < -0.4 is 10.6 Å². The highest BCUT2D eigenvalue weighted by molar-refractivity contribution is 7.75. The summed E-state index contributed by atoms with van der Waals surface area (Å²) in [4.78, 5) is 0. The molecular formula is C23H26P2. The van der Waals surface area contributed by atoms with Crippen molar-refractivity contribution in [2.24, 2.45) is 0 Å². The fraction of sp³-hybridized carbons (Fsp3) is 0.304. The van der Waals surface area contributed by atoms with Gasteiger partial charge in [0, 0.05) is 5.66 Å². The normalized spacial score (nSPS) is 26.4. The van der Waals surface area contributed by atoms with E-state index >= 15 is 0 Å². The molecule has 2 aromatic carbocycles. The molecule has 2 aromatic rings. The summed E-state index contributed by atoms with van der Waals surface area (Å²) in [5.41, 5.74) is 2.33. The van der Waals surface area contributed by atoms with Crippen LogP contribution in [0.3, 0.4) is 0 Å². The molecule has 0 N–H and O–H groups in total. The number of hydrogen-bond donors (Lipinski definition) is 0. The predicted molar refractivity (Wildman–Crippen MR) is 115 cm³/mol. The summed E-state index contributed by atoms with van der Waals surface area (Å²) in [6, 6.07) is 22.4. The van der Waals surface area contributed by atoms with E-state index in [4.69, 9.17) is 0 Å². The van der Waals surface area contributed by atoms with Gasteiger partial charge in [0.15, 0.2) is 0 Å². The highest BCUT2D eigenvalue weighted by Crippen LogP contribution is 2.66. The molecule has 2 aliphatic rings. The first-order valence-corrected chi connectivity index (χ1v) is 12.2. The van der Waals surface area contributed by atoms with Crippen molar-refractivity contribution in [2.75, 3.05) is 0 Å². The van der Waals surface area contributed by atoms with Crippen molar-refractivity contribution in [1.29, 1.82) is 0 Å². The largest absolute Gasteiger partial charge is 0.0729 e. The maximum atomic E-state index is 2.49. The van der Waals surface area contributed by atoms with Gasteiger partial charge < -0.3 is 0 Å². The van der Waals surface area contributed by atoms with E-state index in [9.17, 15) is 0 Å². The zero-order chi connectivity index (χ0) is 17.2. The first kappa shape index (κ1) is 17.2. The minimum atomic E-state index is -0.384. The predicted octanol–water partition coefficient (Wildman–Crippen LogP) is 5.99. The van der Waals surface area contributed by atoms with Crippen LogP contribution in [0.1, 0.15) is 26.7 Å². The molecular weight excluding hydrogens is 338 g/mol. The van der Waals surface area contributed by atoms with Crippen LogP contribution in [-0.2, 0) is 0 Å². The smallest absolute Gasteiger partial charge is 0.0309 e. The standard InChI is InChI=1S/C23H26P2/c1-18-16-17-19(2)24(18)22-14-9-15-23(22)25(20-10-5-3-6-11-20)21-12-7-4-8-13-21/h3-15,18-19,23H,16-17H2,1-2H3/t18-,19-,23+/m0/s1. The van der Waals surface area contributed by atoms with E-state index in [1.807, 2.05) is 0 Å². The van der Waals surface area contributed by atoms with Crippen LogP contribution in [0.4, 0.5) is 0 Å². The molecule has 0 bridgehead atoms. The Bertz CT molecular complexity index is 714. The van der Waals surface area contributed by atoms with Gasteiger partial charge in [-0.15, -0.1) is 0 Å². The van der Waals surface area contributed by atoms with Crippen molar-refractivity contribution in [2.45, 2.75) is 43.7 Å².